The van der Waals surface area contributed by atoms with Crippen molar-refractivity contribution >= 4 is 22.3 Å². The van der Waals surface area contributed by atoms with Gasteiger partial charge in [0.1, 0.15) is 11.3 Å². The molecule has 0 spiro atoms. The minimum atomic E-state index is 0.620. The van der Waals surface area contributed by atoms with Gasteiger partial charge in [-0.1, -0.05) is 11.3 Å². The normalized spacial score (nSPS) is 10.4. The summed E-state index contributed by atoms with van der Waals surface area (Å²) in [6.45, 7) is 0.620. The molecule has 2 rings (SSSR count). The van der Waals surface area contributed by atoms with Gasteiger partial charge in [-0.15, -0.1) is 10.2 Å². The predicted octanol–water partition coefficient (Wildman–Crippen LogP) is 0.466. The Bertz CT molecular complexity index is 406. The van der Waals surface area contributed by atoms with Crippen LogP contribution in [0, 0.1) is 0 Å². The van der Waals surface area contributed by atoms with E-state index in [2.05, 4.69) is 20.6 Å². The molecule has 0 amide bonds. The molecule has 6 nitrogen and oxygen atoms in total. The maximum absolute atomic E-state index is 5.77. The Labute approximate surface area is 84.8 Å². The van der Waals surface area contributed by atoms with Crippen molar-refractivity contribution in [2.75, 3.05) is 11.1 Å². The third kappa shape index (κ3) is 1.67. The molecule has 2 aromatic rings. The minimum Gasteiger partial charge on any atom is -0.384 e. The molecule has 0 atom stereocenters. The number of anilines is 2. The van der Waals surface area contributed by atoms with Gasteiger partial charge in [-0.05, 0) is 0 Å². The van der Waals surface area contributed by atoms with Crippen LogP contribution in [0.3, 0.4) is 0 Å². The minimum absolute atomic E-state index is 0.620. The Morgan fingerprint density at radius 3 is 3.07 bits per heavy atom. The van der Waals surface area contributed by atoms with E-state index >= 15 is 0 Å². The number of nitrogens with two attached hydrogens (primary N) is 1. The second-order valence-electron chi connectivity index (χ2n) is 2.78. The lowest BCUT2D eigenvalue weighted by Crippen LogP contribution is -2.03. The molecule has 0 fully saturated rings. The Kier molecular flexibility index (Phi) is 2.32. The largest absolute Gasteiger partial charge is 0.384 e. The fourth-order valence-corrected chi connectivity index (χ4v) is 1.49. The highest BCUT2D eigenvalue weighted by molar-refractivity contribution is 7.13. The topological polar surface area (TPSA) is 81.7 Å². The van der Waals surface area contributed by atoms with Gasteiger partial charge in [0.2, 0.25) is 5.13 Å². The first kappa shape index (κ1) is 8.95. The zero-order valence-electron chi connectivity index (χ0n) is 7.64. The average Bonchev–Trinajstić information content (AvgIpc) is 2.77. The Morgan fingerprint density at radius 1 is 1.64 bits per heavy atom. The summed E-state index contributed by atoms with van der Waals surface area (Å²) in [5.41, 5.74) is 8.41. The van der Waals surface area contributed by atoms with Crippen LogP contribution in [-0.2, 0) is 13.6 Å². The van der Waals surface area contributed by atoms with Gasteiger partial charge in [-0.25, -0.2) is 0 Å². The summed E-state index contributed by atoms with van der Waals surface area (Å²) in [6, 6.07) is 0. The number of rotatable bonds is 3. The lowest BCUT2D eigenvalue weighted by atomic mass is 10.3. The number of nitrogens with one attached hydrogen (secondary N) is 1. The summed E-state index contributed by atoms with van der Waals surface area (Å²) >= 11 is 1.45. The van der Waals surface area contributed by atoms with Crippen LogP contribution in [0.2, 0.25) is 0 Å². The molecule has 2 heterocycles. The molecule has 0 aromatic carbocycles. The van der Waals surface area contributed by atoms with Crippen molar-refractivity contribution in [1.82, 2.24) is 20.0 Å². The molecule has 3 N–H and O–H groups in total. The standard InChI is InChI=1S/C7H10N6S/c1-13-6(8)5(3-11-13)2-9-7-12-10-4-14-7/h3-4H,2,8H2,1H3,(H,9,12). The fourth-order valence-electron chi connectivity index (χ4n) is 1.05. The highest BCUT2D eigenvalue weighted by Gasteiger charge is 2.04. The summed E-state index contributed by atoms with van der Waals surface area (Å²) < 4.78 is 1.64. The van der Waals surface area contributed by atoms with Gasteiger partial charge in [0.15, 0.2) is 0 Å². The van der Waals surface area contributed by atoms with Gasteiger partial charge >= 0.3 is 0 Å². The zero-order valence-corrected chi connectivity index (χ0v) is 8.45. The third-order valence-electron chi connectivity index (χ3n) is 1.85. The maximum atomic E-state index is 5.77. The highest BCUT2D eigenvalue weighted by atomic mass is 32.1. The van der Waals surface area contributed by atoms with Gasteiger partial charge in [-0.3, -0.25) is 4.68 Å². The summed E-state index contributed by atoms with van der Waals surface area (Å²) in [5.74, 6) is 0.669. The molecular formula is C7H10N6S. The first-order chi connectivity index (χ1) is 6.77. The van der Waals surface area contributed by atoms with Gasteiger partial charge in [-0.2, -0.15) is 5.10 Å². The monoisotopic (exact) mass is 210 g/mol. The Morgan fingerprint density at radius 2 is 2.50 bits per heavy atom. The van der Waals surface area contributed by atoms with Crippen LogP contribution >= 0.6 is 11.3 Å². The molecule has 0 bridgehead atoms. The number of nitrogen functional groups attached to an aromatic ring is 1. The van der Waals surface area contributed by atoms with Crippen molar-refractivity contribution in [3.63, 3.8) is 0 Å². The summed E-state index contributed by atoms with van der Waals surface area (Å²) in [4.78, 5) is 0. The predicted molar refractivity (Wildman–Crippen MR) is 54.9 cm³/mol. The molecule has 0 saturated heterocycles. The van der Waals surface area contributed by atoms with Crippen molar-refractivity contribution in [2.24, 2.45) is 7.05 Å². The van der Waals surface area contributed by atoms with Crippen molar-refractivity contribution < 1.29 is 0 Å². The Hall–Kier alpha value is -1.63. The van der Waals surface area contributed by atoms with Crippen LogP contribution in [0.15, 0.2) is 11.7 Å². The number of hydrogen-bond donors (Lipinski definition) is 2. The average molecular weight is 210 g/mol. The quantitative estimate of drug-likeness (QED) is 0.769. The first-order valence-electron chi connectivity index (χ1n) is 4.04. The van der Waals surface area contributed by atoms with Crippen LogP contribution in [-0.4, -0.2) is 20.0 Å². The number of nitrogens with zero attached hydrogens (tertiary/aromatic N) is 4. The van der Waals surface area contributed by atoms with Crippen LogP contribution in [0.1, 0.15) is 5.56 Å². The van der Waals surface area contributed by atoms with E-state index in [1.807, 2.05) is 7.05 Å². The molecule has 0 aliphatic carbocycles. The number of aryl methyl sites for hydroxylation is 1. The second-order valence-corrected chi connectivity index (χ2v) is 3.61. The molecule has 2 aromatic heterocycles. The van der Waals surface area contributed by atoms with Gasteiger partial charge in [0.25, 0.3) is 0 Å². The molecule has 0 unspecified atom stereocenters. The molecule has 0 radical (unpaired) electrons. The SMILES string of the molecule is Cn1ncc(CNc2nncs2)c1N. The van der Waals surface area contributed by atoms with Gasteiger partial charge < -0.3 is 11.1 Å². The first-order valence-corrected chi connectivity index (χ1v) is 4.91. The summed E-state index contributed by atoms with van der Waals surface area (Å²) in [7, 11) is 1.81. The lowest BCUT2D eigenvalue weighted by Gasteiger charge is -2.00. The van der Waals surface area contributed by atoms with E-state index in [9.17, 15) is 0 Å². The molecule has 0 aliphatic heterocycles. The molecule has 0 saturated carbocycles. The lowest BCUT2D eigenvalue weighted by molar-refractivity contribution is 0.778. The van der Waals surface area contributed by atoms with Crippen molar-refractivity contribution in [2.45, 2.75) is 6.54 Å². The van der Waals surface area contributed by atoms with Crippen LogP contribution in [0.25, 0.3) is 0 Å². The van der Waals surface area contributed by atoms with Crippen LogP contribution < -0.4 is 11.1 Å². The maximum Gasteiger partial charge on any atom is 0.205 e. The third-order valence-corrected chi connectivity index (χ3v) is 2.50. The smallest absolute Gasteiger partial charge is 0.205 e. The molecule has 14 heavy (non-hydrogen) atoms. The van der Waals surface area contributed by atoms with Crippen LogP contribution in [0.5, 0.6) is 0 Å². The number of aromatic nitrogens is 4. The van der Waals surface area contributed by atoms with E-state index in [0.717, 1.165) is 10.7 Å². The highest BCUT2D eigenvalue weighted by Crippen LogP contribution is 2.13. The molecule has 0 aliphatic rings. The van der Waals surface area contributed by atoms with Crippen molar-refractivity contribution in [3.8, 4) is 0 Å². The molecule has 7 heteroatoms. The van der Waals surface area contributed by atoms with E-state index in [0.29, 0.717) is 12.4 Å². The van der Waals surface area contributed by atoms with E-state index in [-0.39, 0.29) is 0 Å². The van der Waals surface area contributed by atoms with E-state index in [1.165, 1.54) is 11.3 Å². The van der Waals surface area contributed by atoms with E-state index < -0.39 is 0 Å². The van der Waals surface area contributed by atoms with Gasteiger partial charge in [0.05, 0.1) is 6.20 Å². The zero-order chi connectivity index (χ0) is 9.97. The number of hydrogen-bond acceptors (Lipinski definition) is 6. The molecular weight excluding hydrogens is 200 g/mol. The second kappa shape index (κ2) is 3.62. The van der Waals surface area contributed by atoms with E-state index in [1.54, 1.807) is 16.4 Å². The fraction of sp³-hybridized carbons (Fsp3) is 0.286. The van der Waals surface area contributed by atoms with Gasteiger partial charge in [0, 0.05) is 19.2 Å². The van der Waals surface area contributed by atoms with Crippen molar-refractivity contribution in [3.05, 3.63) is 17.3 Å². The van der Waals surface area contributed by atoms with Crippen LogP contribution in [0.4, 0.5) is 10.9 Å². The summed E-state index contributed by atoms with van der Waals surface area (Å²) in [6.07, 6.45) is 1.74. The summed E-state index contributed by atoms with van der Waals surface area (Å²) in [5, 5.41) is 15.5. The molecule has 74 valence electrons. The Balaban J connectivity index is 2.02. The van der Waals surface area contributed by atoms with Crippen molar-refractivity contribution in [1.29, 1.82) is 0 Å². The van der Waals surface area contributed by atoms with E-state index in [4.69, 9.17) is 5.73 Å².